The van der Waals surface area contributed by atoms with Crippen LogP contribution in [0.3, 0.4) is 0 Å². The third-order valence-electron chi connectivity index (χ3n) is 4.04. The number of pyridine rings is 1. The molecule has 0 radical (unpaired) electrons. The number of rotatable bonds is 3. The van der Waals surface area contributed by atoms with Gasteiger partial charge in [0.2, 0.25) is 0 Å². The van der Waals surface area contributed by atoms with Gasteiger partial charge in [-0.1, -0.05) is 6.07 Å². The first-order valence-corrected chi connectivity index (χ1v) is 8.79. The third kappa shape index (κ3) is 5.25. The van der Waals surface area contributed by atoms with Gasteiger partial charge in [-0.3, -0.25) is 9.48 Å². The predicted molar refractivity (Wildman–Crippen MR) is 98.6 cm³/mol. The highest BCUT2D eigenvalue weighted by Crippen LogP contribution is 2.35. The van der Waals surface area contributed by atoms with E-state index in [0.717, 1.165) is 18.2 Å². The fourth-order valence-electron chi connectivity index (χ4n) is 2.61. The highest BCUT2D eigenvalue weighted by Gasteiger charge is 2.34. The number of hydrogen-bond acceptors (Lipinski definition) is 4. The molecule has 0 fully saturated rings. The van der Waals surface area contributed by atoms with Crippen LogP contribution in [0.5, 0.6) is 5.75 Å². The van der Waals surface area contributed by atoms with Crippen LogP contribution < -0.4 is 10.1 Å². The van der Waals surface area contributed by atoms with Crippen molar-refractivity contribution in [2.24, 2.45) is 0 Å². The lowest BCUT2D eigenvalue weighted by Gasteiger charge is -2.18. The summed E-state index contributed by atoms with van der Waals surface area (Å²) in [5, 5.41) is 6.73. The van der Waals surface area contributed by atoms with E-state index >= 15 is 0 Å². The Balaban J connectivity index is 2.03. The maximum atomic E-state index is 12.9. The Morgan fingerprint density at radius 3 is 2.32 bits per heavy atom. The van der Waals surface area contributed by atoms with Crippen molar-refractivity contribution in [1.82, 2.24) is 14.8 Å². The Kier molecular flexibility index (Phi) is 5.36. The van der Waals surface area contributed by atoms with Crippen LogP contribution in [0.1, 0.15) is 37.0 Å². The van der Waals surface area contributed by atoms with Crippen LogP contribution >= 0.6 is 0 Å². The molecule has 0 aliphatic heterocycles. The summed E-state index contributed by atoms with van der Waals surface area (Å²) < 4.78 is 82.6. The number of alkyl halides is 6. The van der Waals surface area contributed by atoms with Gasteiger partial charge in [-0.15, -0.1) is 13.2 Å². The molecule has 1 N–H and O–H groups in total. The van der Waals surface area contributed by atoms with Crippen molar-refractivity contribution in [2.45, 2.75) is 38.8 Å². The first kappa shape index (κ1) is 22.4. The van der Waals surface area contributed by atoms with Gasteiger partial charge >= 0.3 is 12.5 Å². The Labute approximate surface area is 171 Å². The second-order valence-electron chi connectivity index (χ2n) is 7.56. The van der Waals surface area contributed by atoms with Gasteiger partial charge in [0.15, 0.2) is 5.75 Å². The molecular formula is C19H16F6N4O2. The first-order valence-electron chi connectivity index (χ1n) is 8.79. The lowest BCUT2D eigenvalue weighted by atomic mass is 10.1. The molecule has 0 aliphatic carbocycles. The van der Waals surface area contributed by atoms with E-state index in [1.165, 1.54) is 10.7 Å². The van der Waals surface area contributed by atoms with Crippen molar-refractivity contribution in [2.75, 3.05) is 5.32 Å². The van der Waals surface area contributed by atoms with Gasteiger partial charge in [-0.2, -0.15) is 18.3 Å². The highest BCUT2D eigenvalue weighted by atomic mass is 19.4. The van der Waals surface area contributed by atoms with Crippen LogP contribution in [-0.4, -0.2) is 27.0 Å². The standard InChI is InChI=1S/C19H16F6N4O2/c1-17(2,3)29-9-10-7-13(14(8-12(10)28-29)31-19(23,24)25)27-16(30)11-5-4-6-15(26-11)18(20,21)22/h4-9H,1-3H3,(H,27,30). The Hall–Kier alpha value is -3.31. The summed E-state index contributed by atoms with van der Waals surface area (Å²) in [6.07, 6.45) is -8.31. The van der Waals surface area contributed by atoms with Crippen molar-refractivity contribution in [3.8, 4) is 5.75 Å². The molecule has 12 heteroatoms. The average molecular weight is 446 g/mol. The summed E-state index contributed by atoms with van der Waals surface area (Å²) in [5.41, 5.74) is -2.64. The Morgan fingerprint density at radius 1 is 1.06 bits per heavy atom. The first-order chi connectivity index (χ1) is 14.1. The van der Waals surface area contributed by atoms with Gasteiger partial charge < -0.3 is 10.1 Å². The minimum atomic E-state index is -5.08. The minimum Gasteiger partial charge on any atom is -0.403 e. The van der Waals surface area contributed by atoms with E-state index in [1.807, 2.05) is 20.8 Å². The van der Waals surface area contributed by atoms with Gasteiger partial charge in [0, 0.05) is 17.6 Å². The highest BCUT2D eigenvalue weighted by molar-refractivity contribution is 6.05. The molecule has 3 rings (SSSR count). The summed E-state index contributed by atoms with van der Waals surface area (Å²) in [6, 6.07) is 4.82. The molecule has 0 atom stereocenters. The molecule has 3 aromatic rings. The van der Waals surface area contributed by atoms with E-state index < -0.39 is 46.8 Å². The number of fused-ring (bicyclic) bond motifs is 1. The van der Waals surface area contributed by atoms with Crippen molar-refractivity contribution in [3.63, 3.8) is 0 Å². The molecule has 0 saturated carbocycles. The summed E-state index contributed by atoms with van der Waals surface area (Å²) in [6.45, 7) is 5.48. The monoisotopic (exact) mass is 446 g/mol. The molecule has 1 aromatic carbocycles. The summed E-state index contributed by atoms with van der Waals surface area (Å²) in [5.74, 6) is -1.90. The zero-order valence-corrected chi connectivity index (χ0v) is 16.4. The molecule has 0 unspecified atom stereocenters. The third-order valence-corrected chi connectivity index (χ3v) is 4.04. The van der Waals surface area contributed by atoms with E-state index in [9.17, 15) is 31.1 Å². The Bertz CT molecular complexity index is 1130. The van der Waals surface area contributed by atoms with Crippen molar-refractivity contribution in [1.29, 1.82) is 0 Å². The second kappa shape index (κ2) is 7.43. The SMILES string of the molecule is CC(C)(C)n1cc2cc(NC(=O)c3cccc(C(F)(F)F)n3)c(OC(F)(F)F)cc2n1. The van der Waals surface area contributed by atoms with Gasteiger partial charge in [0.1, 0.15) is 11.4 Å². The average Bonchev–Trinajstić information content (AvgIpc) is 3.03. The zero-order valence-electron chi connectivity index (χ0n) is 16.4. The lowest BCUT2D eigenvalue weighted by molar-refractivity contribution is -0.274. The van der Waals surface area contributed by atoms with E-state index in [2.05, 4.69) is 20.1 Å². The number of carbonyl (C=O) groups is 1. The number of ether oxygens (including phenoxy) is 1. The molecular weight excluding hydrogens is 430 g/mol. The number of amides is 1. The van der Waals surface area contributed by atoms with Crippen LogP contribution in [0.25, 0.3) is 10.9 Å². The molecule has 2 heterocycles. The molecule has 6 nitrogen and oxygen atoms in total. The van der Waals surface area contributed by atoms with E-state index in [0.29, 0.717) is 11.5 Å². The quantitative estimate of drug-likeness (QED) is 0.551. The molecule has 0 bridgehead atoms. The molecule has 31 heavy (non-hydrogen) atoms. The van der Waals surface area contributed by atoms with Crippen molar-refractivity contribution < 1.29 is 35.9 Å². The fraction of sp³-hybridized carbons (Fsp3) is 0.316. The number of nitrogens with zero attached hydrogens (tertiary/aromatic N) is 3. The Morgan fingerprint density at radius 2 is 1.74 bits per heavy atom. The second-order valence-corrected chi connectivity index (χ2v) is 7.56. The number of nitrogens with one attached hydrogen (secondary N) is 1. The van der Waals surface area contributed by atoms with Crippen LogP contribution in [0.4, 0.5) is 32.0 Å². The van der Waals surface area contributed by atoms with Crippen LogP contribution in [0, 0.1) is 0 Å². The number of hydrogen-bond donors (Lipinski definition) is 1. The van der Waals surface area contributed by atoms with E-state index in [1.54, 1.807) is 6.20 Å². The van der Waals surface area contributed by atoms with Gasteiger partial charge in [-0.05, 0) is 39.0 Å². The molecule has 0 spiro atoms. The number of halogens is 6. The summed E-state index contributed by atoms with van der Waals surface area (Å²) >= 11 is 0. The molecule has 1 amide bonds. The van der Waals surface area contributed by atoms with Gasteiger partial charge in [0.25, 0.3) is 5.91 Å². The normalized spacial score (nSPS) is 12.8. The molecule has 0 saturated heterocycles. The minimum absolute atomic E-state index is 0.171. The van der Waals surface area contributed by atoms with Crippen LogP contribution in [0.15, 0.2) is 36.5 Å². The summed E-state index contributed by atoms with van der Waals surface area (Å²) in [7, 11) is 0. The van der Waals surface area contributed by atoms with E-state index in [4.69, 9.17) is 0 Å². The van der Waals surface area contributed by atoms with Crippen LogP contribution in [0.2, 0.25) is 0 Å². The van der Waals surface area contributed by atoms with Crippen molar-refractivity contribution >= 4 is 22.5 Å². The maximum absolute atomic E-state index is 12.9. The van der Waals surface area contributed by atoms with Gasteiger partial charge in [0.05, 0.1) is 16.7 Å². The maximum Gasteiger partial charge on any atom is 0.573 e. The molecule has 0 aliphatic rings. The number of benzene rings is 1. The van der Waals surface area contributed by atoms with Gasteiger partial charge in [-0.25, -0.2) is 4.98 Å². The fourth-order valence-corrected chi connectivity index (χ4v) is 2.61. The lowest BCUT2D eigenvalue weighted by Crippen LogP contribution is -2.21. The number of anilines is 1. The molecule has 2 aromatic heterocycles. The zero-order chi connectivity index (χ0) is 23.2. The number of aromatic nitrogens is 3. The van der Waals surface area contributed by atoms with Crippen LogP contribution in [-0.2, 0) is 11.7 Å². The predicted octanol–water partition coefficient (Wildman–Crippen LogP) is 5.36. The number of carbonyl (C=O) groups excluding carboxylic acids is 1. The summed E-state index contributed by atoms with van der Waals surface area (Å²) in [4.78, 5) is 15.6. The topological polar surface area (TPSA) is 69.0 Å². The van der Waals surface area contributed by atoms with E-state index in [-0.39, 0.29) is 5.52 Å². The van der Waals surface area contributed by atoms with Crippen molar-refractivity contribution in [3.05, 3.63) is 47.9 Å². The molecule has 166 valence electrons. The smallest absolute Gasteiger partial charge is 0.403 e. The largest absolute Gasteiger partial charge is 0.573 e.